The first-order valence-corrected chi connectivity index (χ1v) is 8.97. The van der Waals surface area contributed by atoms with E-state index >= 15 is 0 Å². The van der Waals surface area contributed by atoms with Crippen molar-refractivity contribution >= 4 is 10.8 Å². The van der Waals surface area contributed by atoms with Crippen LogP contribution in [0.5, 0.6) is 0 Å². The Morgan fingerprint density at radius 3 is 1.92 bits per heavy atom. The first kappa shape index (κ1) is 23.9. The Labute approximate surface area is 174 Å². The topological polar surface area (TPSA) is 0 Å². The maximum Gasteiger partial charge on any atom is 3.00 e. The van der Waals surface area contributed by atoms with E-state index in [2.05, 4.69) is 95.3 Å². The van der Waals surface area contributed by atoms with Crippen molar-refractivity contribution in [3.8, 4) is 11.1 Å². The van der Waals surface area contributed by atoms with Gasteiger partial charge in [-0.25, -0.2) is 0 Å². The van der Waals surface area contributed by atoms with E-state index in [1.54, 1.807) is 0 Å². The summed E-state index contributed by atoms with van der Waals surface area (Å²) in [5, 5.41) is 2.69. The Morgan fingerprint density at radius 2 is 1.40 bits per heavy atom. The Kier molecular flexibility index (Phi) is 13.5. The molecule has 0 saturated carbocycles. The standard InChI is InChI=1S/C16H13.2C4H9.Zr/c1-12-10-14-8-5-9-15(16(14)11-12)13-6-3-2-4-7-13;2*1-3-4-2;/h2-11H,1H3;2*1,3-4H2,2H3;/q3*-1;+3. The van der Waals surface area contributed by atoms with Gasteiger partial charge in [0.25, 0.3) is 0 Å². The summed E-state index contributed by atoms with van der Waals surface area (Å²) in [5.41, 5.74) is 3.95. The predicted octanol–water partition coefficient (Wildman–Crippen LogP) is 7.77. The van der Waals surface area contributed by atoms with Gasteiger partial charge in [0.1, 0.15) is 0 Å². The first-order valence-electron chi connectivity index (χ1n) is 8.97. The fourth-order valence-corrected chi connectivity index (χ4v) is 2.25. The van der Waals surface area contributed by atoms with Crippen LogP contribution in [0.1, 0.15) is 45.1 Å². The van der Waals surface area contributed by atoms with Crippen molar-refractivity contribution in [1.82, 2.24) is 0 Å². The van der Waals surface area contributed by atoms with Crippen molar-refractivity contribution < 1.29 is 26.2 Å². The van der Waals surface area contributed by atoms with E-state index < -0.39 is 0 Å². The molecule has 0 fully saturated rings. The van der Waals surface area contributed by atoms with Crippen LogP contribution in [0.3, 0.4) is 0 Å². The molecule has 0 atom stereocenters. The fraction of sp³-hybridized carbons (Fsp3) is 0.292. The van der Waals surface area contributed by atoms with Gasteiger partial charge in [-0.3, -0.25) is 0 Å². The molecule has 0 unspecified atom stereocenters. The van der Waals surface area contributed by atoms with Gasteiger partial charge < -0.3 is 13.8 Å². The van der Waals surface area contributed by atoms with Gasteiger partial charge in [0.2, 0.25) is 0 Å². The van der Waals surface area contributed by atoms with Crippen LogP contribution in [-0.2, 0) is 26.2 Å². The van der Waals surface area contributed by atoms with E-state index in [1.807, 2.05) is 0 Å². The van der Waals surface area contributed by atoms with Gasteiger partial charge in [0.15, 0.2) is 0 Å². The van der Waals surface area contributed by atoms with Crippen molar-refractivity contribution in [2.24, 2.45) is 0 Å². The third-order valence-corrected chi connectivity index (χ3v) is 3.69. The van der Waals surface area contributed by atoms with Crippen LogP contribution in [-0.4, -0.2) is 0 Å². The van der Waals surface area contributed by atoms with E-state index in [4.69, 9.17) is 0 Å². The Hall–Kier alpha value is -1.07. The molecule has 3 rings (SSSR count). The van der Waals surface area contributed by atoms with E-state index in [9.17, 15) is 0 Å². The molecule has 131 valence electrons. The van der Waals surface area contributed by atoms with Crippen LogP contribution < -0.4 is 0 Å². The largest absolute Gasteiger partial charge is 3.00 e. The number of hydrogen-bond donors (Lipinski definition) is 0. The van der Waals surface area contributed by atoms with Gasteiger partial charge in [-0.05, 0) is 5.56 Å². The van der Waals surface area contributed by atoms with Crippen LogP contribution >= 0.6 is 0 Å². The number of rotatable bonds is 3. The number of hydrogen-bond acceptors (Lipinski definition) is 0. The van der Waals surface area contributed by atoms with Gasteiger partial charge in [-0.1, -0.05) is 75.6 Å². The molecule has 0 spiro atoms. The first-order chi connectivity index (χ1) is 11.7. The minimum absolute atomic E-state index is 0. The van der Waals surface area contributed by atoms with Crippen molar-refractivity contribution in [2.75, 3.05) is 0 Å². The normalized spacial score (nSPS) is 9.32. The molecule has 0 aliphatic carbocycles. The maximum atomic E-state index is 3.60. The molecule has 0 N–H and O–H groups in total. The summed E-state index contributed by atoms with van der Waals surface area (Å²) in [4.78, 5) is 0. The van der Waals surface area contributed by atoms with E-state index in [1.165, 1.54) is 40.3 Å². The number of benzene rings is 2. The van der Waals surface area contributed by atoms with E-state index in [0.29, 0.717) is 0 Å². The van der Waals surface area contributed by atoms with Crippen molar-refractivity contribution in [3.05, 3.63) is 80.1 Å². The smallest absolute Gasteiger partial charge is 0.343 e. The van der Waals surface area contributed by atoms with E-state index in [0.717, 1.165) is 12.8 Å². The van der Waals surface area contributed by atoms with Crippen LogP contribution in [0.25, 0.3) is 21.9 Å². The Balaban J connectivity index is 0.000000549. The van der Waals surface area contributed by atoms with Crippen molar-refractivity contribution in [1.29, 1.82) is 0 Å². The molecule has 25 heavy (non-hydrogen) atoms. The average molecular weight is 411 g/mol. The SMILES string of the molecule is Cc1cc2c(-c3ccccc3)cccc2[cH-]1.[CH2-]CCC.[CH2-]CCC.[Zr+3]. The second-order valence-electron chi connectivity index (χ2n) is 5.91. The van der Waals surface area contributed by atoms with Crippen LogP contribution in [0.4, 0.5) is 0 Å². The third-order valence-electron chi connectivity index (χ3n) is 3.69. The number of fused-ring (bicyclic) bond motifs is 1. The maximum absolute atomic E-state index is 3.60. The number of aryl methyl sites for hydroxylation is 1. The monoisotopic (exact) mass is 409 g/mol. The molecule has 1 heteroatoms. The van der Waals surface area contributed by atoms with Gasteiger partial charge in [-0.15, -0.1) is 34.5 Å². The van der Waals surface area contributed by atoms with Crippen LogP contribution in [0.2, 0.25) is 0 Å². The molecule has 0 nitrogen and oxygen atoms in total. The summed E-state index contributed by atoms with van der Waals surface area (Å²) in [7, 11) is 0. The van der Waals surface area contributed by atoms with Gasteiger partial charge in [0, 0.05) is 0 Å². The van der Waals surface area contributed by atoms with Gasteiger partial charge in [0.05, 0.1) is 0 Å². The molecule has 0 amide bonds. The zero-order valence-electron chi connectivity index (χ0n) is 16.0. The molecule has 0 aromatic heterocycles. The minimum Gasteiger partial charge on any atom is -0.343 e. The van der Waals surface area contributed by atoms with Gasteiger partial charge in [-0.2, -0.15) is 18.9 Å². The summed E-state index contributed by atoms with van der Waals surface area (Å²) in [6.45, 7) is 13.6. The van der Waals surface area contributed by atoms with Gasteiger partial charge >= 0.3 is 26.2 Å². The van der Waals surface area contributed by atoms with Crippen molar-refractivity contribution in [3.63, 3.8) is 0 Å². The van der Waals surface area contributed by atoms with E-state index in [-0.39, 0.29) is 26.2 Å². The Bertz CT molecular complexity index is 672. The predicted molar refractivity (Wildman–Crippen MR) is 110 cm³/mol. The second-order valence-corrected chi connectivity index (χ2v) is 5.91. The van der Waals surface area contributed by atoms with Crippen LogP contribution in [0.15, 0.2) is 60.7 Å². The molecule has 0 bridgehead atoms. The summed E-state index contributed by atoms with van der Waals surface area (Å²) in [5.74, 6) is 0. The third kappa shape index (κ3) is 8.23. The molecule has 0 aliphatic rings. The van der Waals surface area contributed by atoms with Crippen molar-refractivity contribution in [2.45, 2.75) is 46.5 Å². The molecular formula is C24H31Zr. The summed E-state index contributed by atoms with van der Waals surface area (Å²) in [6.07, 6.45) is 4.56. The number of unbranched alkanes of at least 4 members (excludes halogenated alkanes) is 2. The Morgan fingerprint density at radius 1 is 0.840 bits per heavy atom. The minimum atomic E-state index is 0. The van der Waals surface area contributed by atoms with Crippen LogP contribution in [0, 0.1) is 20.8 Å². The second kappa shape index (κ2) is 14.1. The molecule has 3 aromatic carbocycles. The summed E-state index contributed by atoms with van der Waals surface area (Å²) in [6, 6.07) is 21.6. The quantitative estimate of drug-likeness (QED) is 0.387. The molecular weight excluding hydrogens is 379 g/mol. The summed E-state index contributed by atoms with van der Waals surface area (Å²) < 4.78 is 0. The molecule has 0 saturated heterocycles. The average Bonchev–Trinajstić information content (AvgIpc) is 3.03. The molecule has 0 aliphatic heterocycles. The molecule has 3 aromatic rings. The molecule has 0 heterocycles. The molecule has 1 radical (unpaired) electrons. The fourth-order valence-electron chi connectivity index (χ4n) is 2.25. The zero-order valence-corrected chi connectivity index (χ0v) is 18.5. The zero-order chi connectivity index (χ0) is 17.8. The summed E-state index contributed by atoms with van der Waals surface area (Å²) >= 11 is 0.